The second-order valence-electron chi connectivity index (χ2n) is 6.74. The molecule has 0 aromatic carbocycles. The highest BCUT2D eigenvalue weighted by molar-refractivity contribution is 5.79. The quantitative estimate of drug-likeness (QED) is 0.559. The predicted molar refractivity (Wildman–Crippen MR) is 92.3 cm³/mol. The van der Waals surface area contributed by atoms with Crippen molar-refractivity contribution in [3.8, 4) is 0 Å². The first-order chi connectivity index (χ1) is 10.2. The van der Waals surface area contributed by atoms with Crippen molar-refractivity contribution < 1.29 is 9.53 Å². The minimum absolute atomic E-state index is 0.263. The Hall–Kier alpha value is -1.46. The first-order valence-corrected chi connectivity index (χ1v) is 8.12. The molecule has 0 aliphatic rings. The monoisotopic (exact) mass is 314 g/mol. The van der Waals surface area contributed by atoms with Crippen molar-refractivity contribution in [2.75, 3.05) is 33.2 Å². The number of amides is 1. The van der Waals surface area contributed by atoms with E-state index in [1.807, 2.05) is 27.7 Å². The summed E-state index contributed by atoms with van der Waals surface area (Å²) >= 11 is 0. The molecule has 0 aliphatic carbocycles. The van der Waals surface area contributed by atoms with Crippen LogP contribution in [0.3, 0.4) is 0 Å². The van der Waals surface area contributed by atoms with Crippen molar-refractivity contribution in [3.63, 3.8) is 0 Å². The van der Waals surface area contributed by atoms with Gasteiger partial charge in [-0.05, 0) is 33.1 Å². The SMILES string of the molecule is CCCN(CCNC(=NC)NCC(C)C)C(=O)OC(C)(C)C. The summed E-state index contributed by atoms with van der Waals surface area (Å²) in [6.07, 6.45) is 0.640. The molecule has 0 fully saturated rings. The van der Waals surface area contributed by atoms with Gasteiger partial charge in [0.15, 0.2) is 5.96 Å². The number of nitrogens with one attached hydrogen (secondary N) is 2. The predicted octanol–water partition coefficient (Wildman–Crippen LogP) is 2.45. The van der Waals surface area contributed by atoms with Gasteiger partial charge < -0.3 is 20.3 Å². The van der Waals surface area contributed by atoms with Gasteiger partial charge in [-0.2, -0.15) is 0 Å². The number of nitrogens with zero attached hydrogens (tertiary/aromatic N) is 2. The van der Waals surface area contributed by atoms with E-state index < -0.39 is 5.60 Å². The van der Waals surface area contributed by atoms with Gasteiger partial charge in [0.05, 0.1) is 0 Å². The normalized spacial score (nSPS) is 12.3. The van der Waals surface area contributed by atoms with Crippen molar-refractivity contribution in [3.05, 3.63) is 0 Å². The van der Waals surface area contributed by atoms with Crippen LogP contribution in [-0.4, -0.2) is 55.8 Å². The van der Waals surface area contributed by atoms with E-state index in [2.05, 4.69) is 29.5 Å². The zero-order chi connectivity index (χ0) is 17.2. The molecule has 0 aromatic rings. The van der Waals surface area contributed by atoms with Gasteiger partial charge >= 0.3 is 6.09 Å². The topological polar surface area (TPSA) is 66.0 Å². The van der Waals surface area contributed by atoms with E-state index in [9.17, 15) is 4.79 Å². The molecule has 2 N–H and O–H groups in total. The highest BCUT2D eigenvalue weighted by atomic mass is 16.6. The van der Waals surface area contributed by atoms with Crippen LogP contribution in [-0.2, 0) is 4.74 Å². The molecule has 0 saturated carbocycles. The smallest absolute Gasteiger partial charge is 0.410 e. The largest absolute Gasteiger partial charge is 0.444 e. The molecule has 0 atom stereocenters. The molecular weight excluding hydrogens is 280 g/mol. The minimum atomic E-state index is -0.467. The molecule has 0 radical (unpaired) electrons. The van der Waals surface area contributed by atoms with Crippen LogP contribution in [0, 0.1) is 5.92 Å². The summed E-state index contributed by atoms with van der Waals surface area (Å²) in [4.78, 5) is 18.0. The molecule has 6 nitrogen and oxygen atoms in total. The Morgan fingerprint density at radius 3 is 2.32 bits per heavy atom. The third-order valence-corrected chi connectivity index (χ3v) is 2.72. The number of hydrogen-bond donors (Lipinski definition) is 2. The van der Waals surface area contributed by atoms with Crippen molar-refractivity contribution in [1.82, 2.24) is 15.5 Å². The highest BCUT2D eigenvalue weighted by Gasteiger charge is 2.21. The lowest BCUT2D eigenvalue weighted by Crippen LogP contribution is -2.45. The molecule has 1 amide bonds. The fourth-order valence-electron chi connectivity index (χ4n) is 1.72. The van der Waals surface area contributed by atoms with Crippen LogP contribution in [0.15, 0.2) is 4.99 Å². The molecule has 22 heavy (non-hydrogen) atoms. The van der Waals surface area contributed by atoms with Crippen molar-refractivity contribution in [1.29, 1.82) is 0 Å². The molecule has 0 unspecified atom stereocenters. The van der Waals surface area contributed by atoms with Crippen molar-refractivity contribution in [2.24, 2.45) is 10.9 Å². The first kappa shape index (κ1) is 20.5. The van der Waals surface area contributed by atoms with Crippen LogP contribution in [0.1, 0.15) is 48.0 Å². The zero-order valence-corrected chi connectivity index (χ0v) is 15.3. The van der Waals surface area contributed by atoms with Gasteiger partial charge in [0, 0.05) is 33.2 Å². The van der Waals surface area contributed by atoms with E-state index in [0.717, 1.165) is 18.9 Å². The maximum absolute atomic E-state index is 12.1. The van der Waals surface area contributed by atoms with Crippen LogP contribution in [0.2, 0.25) is 0 Å². The molecule has 0 aliphatic heterocycles. The molecule has 6 heteroatoms. The molecule has 0 spiro atoms. The number of aliphatic imine (C=N–C) groups is 1. The number of hydrogen-bond acceptors (Lipinski definition) is 3. The van der Waals surface area contributed by atoms with Gasteiger partial charge in [-0.25, -0.2) is 4.79 Å². The third-order valence-electron chi connectivity index (χ3n) is 2.72. The Kier molecular flexibility index (Phi) is 9.61. The van der Waals surface area contributed by atoms with Gasteiger partial charge in [0.25, 0.3) is 0 Å². The summed E-state index contributed by atoms with van der Waals surface area (Å²) in [6.45, 7) is 14.8. The molecule has 130 valence electrons. The van der Waals surface area contributed by atoms with Crippen molar-refractivity contribution in [2.45, 2.75) is 53.6 Å². The lowest BCUT2D eigenvalue weighted by atomic mass is 10.2. The maximum atomic E-state index is 12.1. The van der Waals surface area contributed by atoms with Crippen LogP contribution in [0.4, 0.5) is 4.79 Å². The Balaban J connectivity index is 4.32. The number of ether oxygens (including phenoxy) is 1. The van der Waals surface area contributed by atoms with E-state index in [0.29, 0.717) is 25.6 Å². The fraction of sp³-hybridized carbons (Fsp3) is 0.875. The van der Waals surface area contributed by atoms with Gasteiger partial charge in [0.1, 0.15) is 5.60 Å². The Morgan fingerprint density at radius 2 is 1.86 bits per heavy atom. The molecule has 0 saturated heterocycles. The summed E-state index contributed by atoms with van der Waals surface area (Å²) in [6, 6.07) is 0. The lowest BCUT2D eigenvalue weighted by molar-refractivity contribution is 0.0253. The minimum Gasteiger partial charge on any atom is -0.444 e. The van der Waals surface area contributed by atoms with E-state index in [1.54, 1.807) is 11.9 Å². The molecule has 0 rings (SSSR count). The Bertz CT molecular complexity index is 349. The summed E-state index contributed by atoms with van der Waals surface area (Å²) in [5, 5.41) is 6.47. The summed E-state index contributed by atoms with van der Waals surface area (Å²) < 4.78 is 5.43. The first-order valence-electron chi connectivity index (χ1n) is 8.12. The lowest BCUT2D eigenvalue weighted by Gasteiger charge is -2.27. The van der Waals surface area contributed by atoms with E-state index in [4.69, 9.17) is 4.74 Å². The zero-order valence-electron chi connectivity index (χ0n) is 15.3. The average Bonchev–Trinajstić information content (AvgIpc) is 2.39. The molecule has 0 bridgehead atoms. The van der Waals surface area contributed by atoms with Gasteiger partial charge in [0.2, 0.25) is 0 Å². The average molecular weight is 314 g/mol. The molecule has 0 heterocycles. The molecular formula is C16H34N4O2. The third kappa shape index (κ3) is 10.3. The maximum Gasteiger partial charge on any atom is 0.410 e. The highest BCUT2D eigenvalue weighted by Crippen LogP contribution is 2.09. The summed E-state index contributed by atoms with van der Waals surface area (Å²) in [7, 11) is 1.74. The Labute approximate surface area is 135 Å². The standard InChI is InChI=1S/C16H34N4O2/c1-8-10-20(15(21)22-16(4,5)6)11-9-18-14(17-7)19-12-13(2)3/h13H,8-12H2,1-7H3,(H2,17,18,19). The van der Waals surface area contributed by atoms with Gasteiger partial charge in [-0.1, -0.05) is 20.8 Å². The summed E-state index contributed by atoms with van der Waals surface area (Å²) in [5.74, 6) is 1.31. The van der Waals surface area contributed by atoms with Gasteiger partial charge in [-0.15, -0.1) is 0 Å². The van der Waals surface area contributed by atoms with Crippen LogP contribution in [0.25, 0.3) is 0 Å². The number of carbonyl (C=O) groups excluding carboxylic acids is 1. The molecule has 0 aromatic heterocycles. The fourth-order valence-corrected chi connectivity index (χ4v) is 1.72. The number of guanidine groups is 1. The van der Waals surface area contributed by atoms with Crippen LogP contribution >= 0.6 is 0 Å². The van der Waals surface area contributed by atoms with E-state index >= 15 is 0 Å². The second-order valence-corrected chi connectivity index (χ2v) is 6.74. The van der Waals surface area contributed by atoms with Crippen LogP contribution < -0.4 is 10.6 Å². The van der Waals surface area contributed by atoms with Gasteiger partial charge in [-0.3, -0.25) is 4.99 Å². The van der Waals surface area contributed by atoms with E-state index in [1.165, 1.54) is 0 Å². The van der Waals surface area contributed by atoms with Crippen LogP contribution in [0.5, 0.6) is 0 Å². The number of carbonyl (C=O) groups is 1. The Morgan fingerprint density at radius 1 is 1.23 bits per heavy atom. The summed E-state index contributed by atoms with van der Waals surface area (Å²) in [5.41, 5.74) is -0.467. The number of rotatable bonds is 7. The van der Waals surface area contributed by atoms with E-state index in [-0.39, 0.29) is 6.09 Å². The second kappa shape index (κ2) is 10.3. The van der Waals surface area contributed by atoms with Crippen molar-refractivity contribution >= 4 is 12.1 Å².